The number of ether oxygens (including phenoxy) is 1. The van der Waals surface area contributed by atoms with Crippen molar-refractivity contribution < 1.29 is 9.84 Å². The van der Waals surface area contributed by atoms with Crippen molar-refractivity contribution in [2.45, 2.75) is 13.0 Å². The predicted molar refractivity (Wildman–Crippen MR) is 79.1 cm³/mol. The number of benzene rings is 1. The Labute approximate surface area is 122 Å². The van der Waals surface area contributed by atoms with Gasteiger partial charge in [-0.2, -0.15) is 0 Å². The topological polar surface area (TPSA) is 68.1 Å². The first-order chi connectivity index (χ1) is 10.2. The minimum atomic E-state index is -0.826. The Balaban J connectivity index is 2.00. The van der Waals surface area contributed by atoms with E-state index in [1.54, 1.807) is 6.07 Å². The van der Waals surface area contributed by atoms with Crippen LogP contribution in [0, 0.1) is 6.92 Å². The van der Waals surface area contributed by atoms with E-state index in [0.717, 1.165) is 22.2 Å². The second-order valence-corrected chi connectivity index (χ2v) is 4.79. The minimum Gasteiger partial charge on any atom is -0.481 e. The maximum absolute atomic E-state index is 10.5. The highest BCUT2D eigenvalue weighted by atomic mass is 16.5. The molecule has 0 aliphatic carbocycles. The van der Waals surface area contributed by atoms with Crippen LogP contribution in [0.3, 0.4) is 0 Å². The Morgan fingerprint density at radius 3 is 2.76 bits per heavy atom. The number of hydrogen-bond acceptors (Lipinski definition) is 5. The highest BCUT2D eigenvalue weighted by Gasteiger charge is 2.14. The Morgan fingerprint density at radius 2 is 1.95 bits per heavy atom. The maximum atomic E-state index is 10.5. The summed E-state index contributed by atoms with van der Waals surface area (Å²) in [6.45, 7) is 1.95. The fourth-order valence-corrected chi connectivity index (χ4v) is 2.20. The van der Waals surface area contributed by atoms with E-state index in [1.165, 1.54) is 13.4 Å². The minimum absolute atomic E-state index is 0.428. The van der Waals surface area contributed by atoms with Gasteiger partial charge in [-0.15, -0.1) is 0 Å². The number of aromatic nitrogens is 3. The van der Waals surface area contributed by atoms with Crippen molar-refractivity contribution in [2.24, 2.45) is 0 Å². The monoisotopic (exact) mass is 281 g/mol. The molecule has 0 bridgehead atoms. The quantitative estimate of drug-likeness (QED) is 0.798. The van der Waals surface area contributed by atoms with Crippen LogP contribution in [-0.4, -0.2) is 27.2 Å². The van der Waals surface area contributed by atoms with Crippen molar-refractivity contribution in [1.82, 2.24) is 15.0 Å². The molecule has 1 aromatic carbocycles. The first kappa shape index (κ1) is 13.5. The van der Waals surface area contributed by atoms with E-state index < -0.39 is 6.10 Å². The van der Waals surface area contributed by atoms with Crippen LogP contribution in [0.4, 0.5) is 0 Å². The molecule has 0 aliphatic heterocycles. The van der Waals surface area contributed by atoms with Crippen molar-refractivity contribution >= 4 is 10.9 Å². The van der Waals surface area contributed by atoms with E-state index in [9.17, 15) is 5.11 Å². The van der Waals surface area contributed by atoms with Crippen molar-refractivity contribution in [3.8, 4) is 5.88 Å². The van der Waals surface area contributed by atoms with Gasteiger partial charge in [0.2, 0.25) is 5.88 Å². The van der Waals surface area contributed by atoms with Crippen molar-refractivity contribution in [3.05, 3.63) is 59.7 Å². The number of aryl methyl sites for hydroxylation is 1. The standard InChI is InChI=1S/C16H15N3O2/c1-10-3-4-11-7-12(5-6-13(11)19-10)16(20)14-8-15(21-2)18-9-17-14/h3-9,16,20H,1-2H3. The first-order valence-electron chi connectivity index (χ1n) is 6.58. The van der Waals surface area contributed by atoms with E-state index in [-0.39, 0.29) is 0 Å². The number of hydrogen-bond donors (Lipinski definition) is 1. The molecule has 1 N–H and O–H groups in total. The van der Waals surface area contributed by atoms with Gasteiger partial charge in [0.05, 0.1) is 18.3 Å². The Hall–Kier alpha value is -2.53. The average Bonchev–Trinajstić information content (AvgIpc) is 2.53. The van der Waals surface area contributed by atoms with E-state index >= 15 is 0 Å². The molecule has 1 atom stereocenters. The zero-order valence-corrected chi connectivity index (χ0v) is 11.8. The van der Waals surface area contributed by atoms with Crippen LogP contribution in [0.5, 0.6) is 5.88 Å². The van der Waals surface area contributed by atoms with Crippen LogP contribution < -0.4 is 4.74 Å². The van der Waals surface area contributed by atoms with Gasteiger partial charge >= 0.3 is 0 Å². The van der Waals surface area contributed by atoms with E-state index in [0.29, 0.717) is 11.6 Å². The summed E-state index contributed by atoms with van der Waals surface area (Å²) in [6.07, 6.45) is 0.552. The molecule has 106 valence electrons. The molecule has 3 rings (SSSR count). The molecule has 0 amide bonds. The Kier molecular flexibility index (Phi) is 3.50. The molecular formula is C16H15N3O2. The third kappa shape index (κ3) is 2.68. The lowest BCUT2D eigenvalue weighted by Gasteiger charge is -2.12. The van der Waals surface area contributed by atoms with Crippen LogP contribution in [0.25, 0.3) is 10.9 Å². The molecule has 0 fully saturated rings. The zero-order valence-electron chi connectivity index (χ0n) is 11.8. The fraction of sp³-hybridized carbons (Fsp3) is 0.188. The van der Waals surface area contributed by atoms with Gasteiger partial charge in [-0.1, -0.05) is 12.1 Å². The number of methoxy groups -OCH3 is 1. The molecule has 2 heterocycles. The summed E-state index contributed by atoms with van der Waals surface area (Å²) in [5, 5.41) is 11.4. The molecular weight excluding hydrogens is 266 g/mol. The van der Waals surface area contributed by atoms with Crippen LogP contribution in [-0.2, 0) is 0 Å². The highest BCUT2D eigenvalue weighted by molar-refractivity contribution is 5.79. The average molecular weight is 281 g/mol. The number of nitrogens with zero attached hydrogens (tertiary/aromatic N) is 3. The molecule has 0 saturated heterocycles. The number of aliphatic hydroxyl groups excluding tert-OH is 1. The highest BCUT2D eigenvalue weighted by Crippen LogP contribution is 2.25. The van der Waals surface area contributed by atoms with Crippen LogP contribution in [0.15, 0.2) is 42.7 Å². The molecule has 0 saturated carbocycles. The third-order valence-electron chi connectivity index (χ3n) is 3.32. The molecule has 3 aromatic rings. The summed E-state index contributed by atoms with van der Waals surface area (Å²) < 4.78 is 5.05. The lowest BCUT2D eigenvalue weighted by atomic mass is 10.0. The number of pyridine rings is 1. The van der Waals surface area contributed by atoms with Gasteiger partial charge < -0.3 is 9.84 Å². The van der Waals surface area contributed by atoms with Crippen LogP contribution in [0.1, 0.15) is 23.1 Å². The normalized spacial score (nSPS) is 12.3. The molecule has 1 unspecified atom stereocenters. The predicted octanol–water partition coefficient (Wildman–Crippen LogP) is 2.42. The summed E-state index contributed by atoms with van der Waals surface area (Å²) in [6, 6.07) is 11.2. The molecule has 0 aliphatic rings. The van der Waals surface area contributed by atoms with E-state index in [4.69, 9.17) is 4.74 Å². The number of fused-ring (bicyclic) bond motifs is 1. The van der Waals surface area contributed by atoms with Crippen LogP contribution >= 0.6 is 0 Å². The van der Waals surface area contributed by atoms with Gasteiger partial charge in [-0.05, 0) is 30.7 Å². The fourth-order valence-electron chi connectivity index (χ4n) is 2.20. The molecule has 0 radical (unpaired) electrons. The largest absolute Gasteiger partial charge is 0.481 e. The van der Waals surface area contributed by atoms with Gasteiger partial charge in [0.1, 0.15) is 12.4 Å². The molecule has 5 heteroatoms. The smallest absolute Gasteiger partial charge is 0.216 e. The molecule has 5 nitrogen and oxygen atoms in total. The molecule has 2 aromatic heterocycles. The van der Waals surface area contributed by atoms with Crippen molar-refractivity contribution in [3.63, 3.8) is 0 Å². The first-order valence-corrected chi connectivity index (χ1v) is 6.58. The summed E-state index contributed by atoms with van der Waals surface area (Å²) in [5.41, 5.74) is 3.14. The molecule has 21 heavy (non-hydrogen) atoms. The SMILES string of the molecule is COc1cc(C(O)c2ccc3nc(C)ccc3c2)ncn1. The van der Waals surface area contributed by atoms with Gasteiger partial charge in [-0.3, -0.25) is 4.98 Å². The summed E-state index contributed by atoms with van der Waals surface area (Å²) in [4.78, 5) is 12.5. The van der Waals surface area contributed by atoms with Crippen LogP contribution in [0.2, 0.25) is 0 Å². The van der Waals surface area contributed by atoms with Crippen molar-refractivity contribution in [2.75, 3.05) is 7.11 Å². The summed E-state index contributed by atoms with van der Waals surface area (Å²) in [5.74, 6) is 0.428. The number of aliphatic hydroxyl groups is 1. The summed E-state index contributed by atoms with van der Waals surface area (Å²) in [7, 11) is 1.53. The number of rotatable bonds is 3. The van der Waals surface area contributed by atoms with Gasteiger partial charge in [-0.25, -0.2) is 9.97 Å². The zero-order chi connectivity index (χ0) is 14.8. The van der Waals surface area contributed by atoms with Gasteiger partial charge in [0.25, 0.3) is 0 Å². The maximum Gasteiger partial charge on any atom is 0.216 e. The third-order valence-corrected chi connectivity index (χ3v) is 3.32. The lowest BCUT2D eigenvalue weighted by molar-refractivity contribution is 0.214. The second-order valence-electron chi connectivity index (χ2n) is 4.79. The Morgan fingerprint density at radius 1 is 1.10 bits per heavy atom. The Bertz CT molecular complexity index is 789. The molecule has 0 spiro atoms. The van der Waals surface area contributed by atoms with Gasteiger partial charge in [0.15, 0.2) is 0 Å². The van der Waals surface area contributed by atoms with E-state index in [1.807, 2.05) is 37.3 Å². The van der Waals surface area contributed by atoms with Gasteiger partial charge in [0, 0.05) is 17.1 Å². The van der Waals surface area contributed by atoms with Crippen molar-refractivity contribution in [1.29, 1.82) is 0 Å². The second kappa shape index (κ2) is 5.46. The summed E-state index contributed by atoms with van der Waals surface area (Å²) >= 11 is 0. The lowest BCUT2D eigenvalue weighted by Crippen LogP contribution is -2.03. The van der Waals surface area contributed by atoms with E-state index in [2.05, 4.69) is 15.0 Å².